The lowest BCUT2D eigenvalue weighted by atomic mass is 10.5. The van der Waals surface area contributed by atoms with Crippen LogP contribution in [-0.4, -0.2) is 74.8 Å². The Hall–Kier alpha value is -2.14. The van der Waals surface area contributed by atoms with E-state index in [1.165, 1.54) is 29.6 Å². The number of nitrogens with two attached hydrogens (primary N) is 2. The molecule has 0 saturated carbocycles. The van der Waals surface area contributed by atoms with Crippen LogP contribution >= 0.6 is 23.5 Å². The minimum absolute atomic E-state index is 0.138. The summed E-state index contributed by atoms with van der Waals surface area (Å²) in [6.07, 6.45) is -5.64. The molecule has 36 heavy (non-hydrogen) atoms. The Balaban J connectivity index is 0.000000397. The first-order valence-corrected chi connectivity index (χ1v) is 14.1. The lowest BCUT2D eigenvalue weighted by Gasteiger charge is -2.14. The van der Waals surface area contributed by atoms with E-state index in [-0.39, 0.29) is 5.03 Å². The quantitative estimate of drug-likeness (QED) is 0.191. The van der Waals surface area contributed by atoms with E-state index in [1.54, 1.807) is 12.5 Å². The van der Waals surface area contributed by atoms with Crippen molar-refractivity contribution < 1.29 is 52.7 Å². The molecule has 0 radical (unpaired) electrons. The van der Waals surface area contributed by atoms with E-state index in [4.69, 9.17) is 10.3 Å². The summed E-state index contributed by atoms with van der Waals surface area (Å²) < 4.78 is 125. The molecule has 2 aromatic heterocycles. The van der Waals surface area contributed by atoms with Crippen molar-refractivity contribution in [1.82, 2.24) is 19.9 Å². The minimum atomic E-state index is -4.84. The molecule has 0 aliphatic carbocycles. The standard InChI is InChI=1S/C8H7F6N3O4S.C6H9N3O2S3/c9-7(10,11)1-20-5-4(22(15,18)19)6(17-3-16-5)21-2-8(12,13)14;1-12-4-3-5(14(7,10)11)9-6(8-4)13-2/h3H,1-2H2,(H2,15,18,19);3H,1-2H3,(H2,7,10,11). The third-order valence-electron chi connectivity index (χ3n) is 3.11. The average molecular weight is 607 g/mol. The second-order valence-corrected chi connectivity index (χ2v) is 10.6. The van der Waals surface area contributed by atoms with Crippen molar-refractivity contribution >= 4 is 43.6 Å². The molecule has 0 atom stereocenters. The zero-order valence-electron chi connectivity index (χ0n) is 17.9. The van der Waals surface area contributed by atoms with Crippen LogP contribution in [0.5, 0.6) is 11.8 Å². The van der Waals surface area contributed by atoms with Crippen molar-refractivity contribution in [3.63, 3.8) is 0 Å². The van der Waals surface area contributed by atoms with Crippen LogP contribution in [-0.2, 0) is 20.0 Å². The molecule has 2 rings (SSSR count). The van der Waals surface area contributed by atoms with E-state index in [1.807, 2.05) is 0 Å². The van der Waals surface area contributed by atoms with Crippen LogP contribution in [0, 0.1) is 0 Å². The first kappa shape index (κ1) is 31.9. The van der Waals surface area contributed by atoms with Crippen LogP contribution in [0.15, 0.2) is 32.5 Å². The molecular formula is C14H16F6N6O6S4. The van der Waals surface area contributed by atoms with Crippen LogP contribution in [0.4, 0.5) is 26.3 Å². The summed E-state index contributed by atoms with van der Waals surface area (Å²) >= 11 is 2.62. The van der Waals surface area contributed by atoms with E-state index >= 15 is 0 Å². The Kier molecular flexibility index (Phi) is 11.0. The van der Waals surface area contributed by atoms with Gasteiger partial charge in [0.2, 0.25) is 26.7 Å². The van der Waals surface area contributed by atoms with Crippen molar-refractivity contribution in [2.24, 2.45) is 10.3 Å². The molecule has 0 aliphatic rings. The largest absolute Gasteiger partial charge is 0.467 e. The van der Waals surface area contributed by atoms with Crippen LogP contribution in [0.3, 0.4) is 0 Å². The van der Waals surface area contributed by atoms with Gasteiger partial charge in [-0.15, -0.1) is 11.8 Å². The van der Waals surface area contributed by atoms with Crippen molar-refractivity contribution in [2.75, 3.05) is 25.7 Å². The summed E-state index contributed by atoms with van der Waals surface area (Å²) in [5, 5.41) is 10.5. The molecule has 0 aliphatic heterocycles. The van der Waals surface area contributed by atoms with Gasteiger partial charge >= 0.3 is 12.4 Å². The number of ether oxygens (including phenoxy) is 2. The highest BCUT2D eigenvalue weighted by atomic mass is 32.2. The summed E-state index contributed by atoms with van der Waals surface area (Å²) in [6, 6.07) is 1.36. The van der Waals surface area contributed by atoms with E-state index in [2.05, 4.69) is 29.4 Å². The Morgan fingerprint density at radius 3 is 1.64 bits per heavy atom. The van der Waals surface area contributed by atoms with Gasteiger partial charge in [-0.2, -0.15) is 26.3 Å². The molecule has 0 aromatic carbocycles. The number of rotatable bonds is 8. The average Bonchev–Trinajstić information content (AvgIpc) is 2.74. The molecule has 0 amide bonds. The Morgan fingerprint density at radius 1 is 0.833 bits per heavy atom. The Morgan fingerprint density at radius 2 is 1.31 bits per heavy atom. The molecule has 12 nitrogen and oxygen atoms in total. The first-order valence-electron chi connectivity index (χ1n) is 8.53. The highest BCUT2D eigenvalue weighted by Crippen LogP contribution is 2.30. The first-order chi connectivity index (χ1) is 16.3. The number of primary sulfonamides is 2. The summed E-state index contributed by atoms with van der Waals surface area (Å²) in [7, 11) is -8.55. The van der Waals surface area contributed by atoms with E-state index < -0.39 is 62.3 Å². The predicted molar refractivity (Wildman–Crippen MR) is 113 cm³/mol. The number of aromatic nitrogens is 4. The number of sulfonamides is 2. The molecule has 4 N–H and O–H groups in total. The van der Waals surface area contributed by atoms with Crippen LogP contribution in [0.25, 0.3) is 0 Å². The third kappa shape index (κ3) is 11.3. The SMILES string of the molecule is CSc1cc(S(N)(=O)=O)nc(SC)n1.NS(=O)(=O)c1c(OCC(F)(F)F)ncnc1OCC(F)(F)F. The maximum absolute atomic E-state index is 12.0. The summed E-state index contributed by atoms with van der Waals surface area (Å²) in [5.74, 6) is -2.35. The van der Waals surface area contributed by atoms with Gasteiger partial charge in [-0.1, -0.05) is 11.8 Å². The van der Waals surface area contributed by atoms with Gasteiger partial charge < -0.3 is 9.47 Å². The fourth-order valence-corrected chi connectivity index (χ4v) is 3.99. The lowest BCUT2D eigenvalue weighted by molar-refractivity contribution is -0.155. The number of hydrogen-bond acceptors (Lipinski definition) is 12. The van der Waals surface area contributed by atoms with E-state index in [0.717, 1.165) is 0 Å². The molecule has 204 valence electrons. The smallest absolute Gasteiger partial charge is 0.422 e. The molecule has 2 aromatic rings. The summed E-state index contributed by atoms with van der Waals surface area (Å²) in [6.45, 7) is -3.88. The topological polar surface area (TPSA) is 190 Å². The van der Waals surface area contributed by atoms with Gasteiger partial charge in [0, 0.05) is 6.07 Å². The zero-order valence-corrected chi connectivity index (χ0v) is 21.1. The van der Waals surface area contributed by atoms with Gasteiger partial charge in [-0.3, -0.25) is 0 Å². The maximum Gasteiger partial charge on any atom is 0.422 e. The molecular weight excluding hydrogens is 590 g/mol. The molecule has 0 spiro atoms. The highest BCUT2D eigenvalue weighted by molar-refractivity contribution is 7.99. The molecule has 2 heterocycles. The van der Waals surface area contributed by atoms with Crippen LogP contribution in [0.2, 0.25) is 0 Å². The zero-order chi connectivity index (χ0) is 27.9. The fourth-order valence-electron chi connectivity index (χ4n) is 1.82. The van der Waals surface area contributed by atoms with Gasteiger partial charge in [0.25, 0.3) is 10.0 Å². The third-order valence-corrected chi connectivity index (χ3v) is 6.00. The van der Waals surface area contributed by atoms with Gasteiger partial charge in [0.15, 0.2) is 23.4 Å². The van der Waals surface area contributed by atoms with Crippen molar-refractivity contribution in [3.05, 3.63) is 12.4 Å². The minimum Gasteiger partial charge on any atom is -0.467 e. The van der Waals surface area contributed by atoms with Gasteiger partial charge in [0.1, 0.15) is 11.4 Å². The number of hydrogen-bond donors (Lipinski definition) is 2. The molecule has 0 unspecified atom stereocenters. The second kappa shape index (κ2) is 12.4. The van der Waals surface area contributed by atoms with Crippen molar-refractivity contribution in [1.29, 1.82) is 0 Å². The van der Waals surface area contributed by atoms with E-state index in [9.17, 15) is 43.2 Å². The van der Waals surface area contributed by atoms with Gasteiger partial charge in [0.05, 0.1) is 0 Å². The molecule has 0 saturated heterocycles. The van der Waals surface area contributed by atoms with E-state index in [0.29, 0.717) is 16.5 Å². The summed E-state index contributed by atoms with van der Waals surface area (Å²) in [5.41, 5.74) is 0. The van der Waals surface area contributed by atoms with Crippen LogP contribution in [0.1, 0.15) is 0 Å². The van der Waals surface area contributed by atoms with Gasteiger partial charge in [-0.05, 0) is 12.5 Å². The molecule has 0 fully saturated rings. The monoisotopic (exact) mass is 606 g/mol. The number of alkyl halides is 6. The van der Waals surface area contributed by atoms with Crippen LogP contribution < -0.4 is 19.8 Å². The Labute approximate surface area is 208 Å². The second-order valence-electron chi connectivity index (χ2n) is 5.95. The summed E-state index contributed by atoms with van der Waals surface area (Å²) in [4.78, 5) is 12.8. The predicted octanol–water partition coefficient (Wildman–Crippen LogP) is 1.57. The van der Waals surface area contributed by atoms with Crippen molar-refractivity contribution in [2.45, 2.75) is 32.5 Å². The van der Waals surface area contributed by atoms with Gasteiger partial charge in [-0.25, -0.2) is 47.0 Å². The Bertz CT molecular complexity index is 1200. The highest BCUT2D eigenvalue weighted by Gasteiger charge is 2.34. The molecule has 0 bridgehead atoms. The number of nitrogens with zero attached hydrogens (tertiary/aromatic N) is 4. The molecule has 22 heteroatoms. The lowest BCUT2D eigenvalue weighted by Crippen LogP contribution is -2.24. The normalized spacial score (nSPS) is 12.5. The number of thioether (sulfide) groups is 2. The fraction of sp³-hybridized carbons (Fsp3) is 0.429. The van der Waals surface area contributed by atoms with Crippen molar-refractivity contribution in [3.8, 4) is 11.8 Å². The number of halogens is 6. The maximum atomic E-state index is 12.0.